The van der Waals surface area contributed by atoms with Crippen LogP contribution in [0.4, 0.5) is 5.69 Å². The van der Waals surface area contributed by atoms with Gasteiger partial charge in [-0.2, -0.15) is 5.10 Å². The second-order valence-electron chi connectivity index (χ2n) is 5.44. The second-order valence-corrected chi connectivity index (χ2v) is 5.44. The molecule has 2 aromatic rings. The van der Waals surface area contributed by atoms with Crippen molar-refractivity contribution in [3.8, 4) is 22.8 Å². The molecule has 0 aliphatic heterocycles. The first-order valence-corrected chi connectivity index (χ1v) is 7.06. The molecular formula is C16H21N3O3. The Kier molecular flexibility index (Phi) is 4.70. The van der Waals surface area contributed by atoms with Crippen LogP contribution >= 0.6 is 0 Å². The lowest BCUT2D eigenvalue weighted by Crippen LogP contribution is -2.27. The van der Waals surface area contributed by atoms with Crippen molar-refractivity contribution in [2.75, 3.05) is 20.0 Å². The van der Waals surface area contributed by atoms with Crippen LogP contribution in [0, 0.1) is 5.92 Å². The van der Waals surface area contributed by atoms with Gasteiger partial charge in [-0.25, -0.2) is 4.68 Å². The Balaban J connectivity index is 2.53. The van der Waals surface area contributed by atoms with Crippen molar-refractivity contribution in [3.05, 3.63) is 34.6 Å². The normalized spacial score (nSPS) is 10.8. The summed E-state index contributed by atoms with van der Waals surface area (Å²) in [4.78, 5) is 12.0. The summed E-state index contributed by atoms with van der Waals surface area (Å²) >= 11 is 0. The molecule has 2 rings (SSSR count). The van der Waals surface area contributed by atoms with Crippen LogP contribution < -0.4 is 20.8 Å². The zero-order valence-electron chi connectivity index (χ0n) is 13.3. The van der Waals surface area contributed by atoms with Crippen molar-refractivity contribution in [3.63, 3.8) is 0 Å². The van der Waals surface area contributed by atoms with Crippen molar-refractivity contribution >= 4 is 5.69 Å². The molecule has 0 saturated heterocycles. The van der Waals surface area contributed by atoms with Crippen LogP contribution in [0.2, 0.25) is 0 Å². The minimum absolute atomic E-state index is 0.181. The highest BCUT2D eigenvalue weighted by molar-refractivity contribution is 5.66. The highest BCUT2D eigenvalue weighted by Gasteiger charge is 2.11. The van der Waals surface area contributed by atoms with Crippen LogP contribution in [0.3, 0.4) is 0 Å². The summed E-state index contributed by atoms with van der Waals surface area (Å²) in [7, 11) is 3.15. The van der Waals surface area contributed by atoms with E-state index in [-0.39, 0.29) is 11.2 Å². The fourth-order valence-corrected chi connectivity index (χ4v) is 2.17. The van der Waals surface area contributed by atoms with Gasteiger partial charge in [-0.1, -0.05) is 13.8 Å². The number of hydrogen-bond acceptors (Lipinski definition) is 5. The van der Waals surface area contributed by atoms with Crippen LogP contribution in [0.25, 0.3) is 11.3 Å². The number of anilines is 1. The Hall–Kier alpha value is -2.50. The summed E-state index contributed by atoms with van der Waals surface area (Å²) in [6.07, 6.45) is 0. The molecule has 0 spiro atoms. The topological polar surface area (TPSA) is 79.4 Å². The number of hydrogen-bond donors (Lipinski definition) is 1. The van der Waals surface area contributed by atoms with Gasteiger partial charge in [-0.3, -0.25) is 4.79 Å². The summed E-state index contributed by atoms with van der Waals surface area (Å²) in [5, 5.41) is 4.40. The number of ether oxygens (including phenoxy) is 2. The van der Waals surface area contributed by atoms with E-state index in [2.05, 4.69) is 5.10 Å². The van der Waals surface area contributed by atoms with Gasteiger partial charge in [0, 0.05) is 12.1 Å². The molecule has 0 unspecified atom stereocenters. The van der Waals surface area contributed by atoms with E-state index in [4.69, 9.17) is 15.2 Å². The van der Waals surface area contributed by atoms with Gasteiger partial charge >= 0.3 is 0 Å². The first-order valence-electron chi connectivity index (χ1n) is 7.06. The molecule has 0 radical (unpaired) electrons. The molecule has 0 atom stereocenters. The maximum Gasteiger partial charge on any atom is 0.289 e. The standard InChI is InChI=1S/C16H21N3O3/c1-10(2)9-19-16(20)12(17)8-13(18-19)11-5-6-14(21-3)15(7-11)22-4/h5-8,10H,9,17H2,1-4H3. The zero-order valence-corrected chi connectivity index (χ0v) is 13.3. The molecule has 0 fully saturated rings. The van der Waals surface area contributed by atoms with Gasteiger partial charge in [0.1, 0.15) is 5.69 Å². The molecule has 1 aromatic heterocycles. The Labute approximate surface area is 129 Å². The van der Waals surface area contributed by atoms with Crippen molar-refractivity contribution in [1.82, 2.24) is 9.78 Å². The average Bonchev–Trinajstić information content (AvgIpc) is 2.50. The number of methoxy groups -OCH3 is 2. The van der Waals surface area contributed by atoms with Crippen LogP contribution in [0.15, 0.2) is 29.1 Å². The van der Waals surface area contributed by atoms with Crippen LogP contribution in [0.5, 0.6) is 11.5 Å². The van der Waals surface area contributed by atoms with E-state index in [1.807, 2.05) is 26.0 Å². The van der Waals surface area contributed by atoms with E-state index in [1.165, 1.54) is 4.68 Å². The molecule has 2 N–H and O–H groups in total. The van der Waals surface area contributed by atoms with E-state index >= 15 is 0 Å². The number of nitrogens with two attached hydrogens (primary N) is 1. The molecule has 22 heavy (non-hydrogen) atoms. The summed E-state index contributed by atoms with van der Waals surface area (Å²) in [5.41, 5.74) is 7.18. The summed E-state index contributed by atoms with van der Waals surface area (Å²) < 4.78 is 11.9. The van der Waals surface area contributed by atoms with Crippen LogP contribution in [-0.2, 0) is 6.54 Å². The largest absolute Gasteiger partial charge is 0.493 e. The molecule has 0 saturated carbocycles. The molecule has 118 valence electrons. The third kappa shape index (κ3) is 3.21. The molecular weight excluding hydrogens is 282 g/mol. The summed E-state index contributed by atoms with van der Waals surface area (Å²) in [6.45, 7) is 4.56. The Morgan fingerprint density at radius 1 is 1.18 bits per heavy atom. The van der Waals surface area contributed by atoms with E-state index < -0.39 is 0 Å². The minimum atomic E-state index is -0.266. The Bertz CT molecular complexity index is 723. The molecule has 0 amide bonds. The average molecular weight is 303 g/mol. The van der Waals surface area contributed by atoms with Crippen molar-refractivity contribution < 1.29 is 9.47 Å². The van der Waals surface area contributed by atoms with E-state index in [0.29, 0.717) is 29.7 Å². The summed E-state index contributed by atoms with van der Waals surface area (Å²) in [6, 6.07) is 7.04. The summed E-state index contributed by atoms with van der Waals surface area (Å²) in [5.74, 6) is 1.53. The van der Waals surface area contributed by atoms with Gasteiger partial charge in [0.05, 0.1) is 19.9 Å². The highest BCUT2D eigenvalue weighted by atomic mass is 16.5. The minimum Gasteiger partial charge on any atom is -0.493 e. The third-order valence-electron chi connectivity index (χ3n) is 3.22. The van der Waals surface area contributed by atoms with E-state index in [1.54, 1.807) is 26.4 Å². The molecule has 0 bridgehead atoms. The van der Waals surface area contributed by atoms with Gasteiger partial charge in [-0.15, -0.1) is 0 Å². The Morgan fingerprint density at radius 2 is 1.86 bits per heavy atom. The molecule has 6 heteroatoms. The number of nitrogen functional groups attached to an aromatic ring is 1. The molecule has 0 aliphatic rings. The predicted octanol–water partition coefficient (Wildman–Crippen LogP) is 2.17. The molecule has 1 heterocycles. The fraction of sp³-hybridized carbons (Fsp3) is 0.375. The maximum atomic E-state index is 12.0. The van der Waals surface area contributed by atoms with Crippen molar-refractivity contribution in [2.45, 2.75) is 20.4 Å². The SMILES string of the molecule is COc1ccc(-c2cc(N)c(=O)n(CC(C)C)n2)cc1OC. The predicted molar refractivity (Wildman–Crippen MR) is 86.3 cm³/mol. The van der Waals surface area contributed by atoms with Gasteiger partial charge in [0.25, 0.3) is 5.56 Å². The van der Waals surface area contributed by atoms with Gasteiger partial charge in [0.15, 0.2) is 11.5 Å². The number of rotatable bonds is 5. The van der Waals surface area contributed by atoms with Crippen molar-refractivity contribution in [2.24, 2.45) is 5.92 Å². The van der Waals surface area contributed by atoms with E-state index in [0.717, 1.165) is 5.56 Å². The molecule has 0 aliphatic carbocycles. The number of nitrogens with zero attached hydrogens (tertiary/aromatic N) is 2. The first kappa shape index (κ1) is 15.9. The smallest absolute Gasteiger partial charge is 0.289 e. The molecule has 1 aromatic carbocycles. The first-order chi connectivity index (χ1) is 10.5. The lowest BCUT2D eigenvalue weighted by Gasteiger charge is -2.12. The van der Waals surface area contributed by atoms with E-state index in [9.17, 15) is 4.79 Å². The maximum absolute atomic E-state index is 12.0. The van der Waals surface area contributed by atoms with Gasteiger partial charge in [0.2, 0.25) is 0 Å². The zero-order chi connectivity index (χ0) is 16.3. The van der Waals surface area contributed by atoms with Crippen LogP contribution in [0.1, 0.15) is 13.8 Å². The lowest BCUT2D eigenvalue weighted by atomic mass is 10.1. The fourth-order valence-electron chi connectivity index (χ4n) is 2.17. The monoisotopic (exact) mass is 303 g/mol. The van der Waals surface area contributed by atoms with Gasteiger partial charge in [-0.05, 0) is 30.2 Å². The van der Waals surface area contributed by atoms with Crippen molar-refractivity contribution in [1.29, 1.82) is 0 Å². The number of benzene rings is 1. The third-order valence-corrected chi connectivity index (χ3v) is 3.22. The van der Waals surface area contributed by atoms with Crippen LogP contribution in [-0.4, -0.2) is 24.0 Å². The Morgan fingerprint density at radius 3 is 2.45 bits per heavy atom. The second kappa shape index (κ2) is 6.51. The lowest BCUT2D eigenvalue weighted by molar-refractivity contribution is 0.355. The van der Waals surface area contributed by atoms with Gasteiger partial charge < -0.3 is 15.2 Å². The molecule has 6 nitrogen and oxygen atoms in total. The highest BCUT2D eigenvalue weighted by Crippen LogP contribution is 2.31. The quantitative estimate of drug-likeness (QED) is 0.915. The number of aromatic nitrogens is 2.